The van der Waals surface area contributed by atoms with Crippen LogP contribution in [0.4, 0.5) is 0 Å². The fraction of sp³-hybridized carbons (Fsp3) is 0.417. The van der Waals surface area contributed by atoms with E-state index in [-0.39, 0.29) is 0 Å². The van der Waals surface area contributed by atoms with Crippen molar-refractivity contribution in [2.45, 2.75) is 35.8 Å². The summed E-state index contributed by atoms with van der Waals surface area (Å²) in [5, 5.41) is 12.7. The van der Waals surface area contributed by atoms with Crippen molar-refractivity contribution in [3.05, 3.63) is 30.3 Å². The number of hydrogen-bond donors (Lipinski definition) is 1. The third-order valence-electron chi connectivity index (χ3n) is 2.67. The molecule has 80 valence electrons. The molecule has 1 fully saturated rings. The molecule has 0 radical (unpaired) electrons. The van der Waals surface area contributed by atoms with Crippen LogP contribution in [0.5, 0.6) is 0 Å². The van der Waals surface area contributed by atoms with Crippen LogP contribution in [0.1, 0.15) is 25.7 Å². The van der Waals surface area contributed by atoms with E-state index in [1.807, 2.05) is 18.2 Å². The molecule has 0 spiro atoms. The Hall–Kier alpha value is -0.960. The molecular weight excluding hydrogens is 206 g/mol. The molecule has 0 saturated heterocycles. The highest BCUT2D eigenvalue weighted by Crippen LogP contribution is 2.31. The lowest BCUT2D eigenvalue weighted by atomic mass is 9.98. The molecule has 0 amide bonds. The minimum atomic E-state index is 0.367. The molecule has 1 unspecified atom stereocenters. The average Bonchev–Trinajstić information content (AvgIpc) is 2.31. The van der Waals surface area contributed by atoms with Crippen molar-refractivity contribution in [3.8, 4) is 0 Å². The van der Waals surface area contributed by atoms with E-state index in [0.29, 0.717) is 5.25 Å². The summed E-state index contributed by atoms with van der Waals surface area (Å²) in [6.45, 7) is 0. The van der Waals surface area contributed by atoms with Crippen molar-refractivity contribution < 1.29 is 5.21 Å². The summed E-state index contributed by atoms with van der Waals surface area (Å²) in [5.74, 6) is 0. The second-order valence-electron chi connectivity index (χ2n) is 3.76. The number of nitrogens with zero attached hydrogens (tertiary/aromatic N) is 1. The zero-order valence-corrected chi connectivity index (χ0v) is 9.41. The van der Waals surface area contributed by atoms with Gasteiger partial charge >= 0.3 is 0 Å². The van der Waals surface area contributed by atoms with Crippen molar-refractivity contribution >= 4 is 17.5 Å². The van der Waals surface area contributed by atoms with Gasteiger partial charge in [0.25, 0.3) is 0 Å². The number of rotatable bonds is 2. The first-order chi connectivity index (χ1) is 7.40. The highest BCUT2D eigenvalue weighted by Gasteiger charge is 2.21. The Labute approximate surface area is 94.4 Å². The van der Waals surface area contributed by atoms with E-state index >= 15 is 0 Å². The first kappa shape index (κ1) is 10.6. The van der Waals surface area contributed by atoms with E-state index in [1.54, 1.807) is 11.8 Å². The van der Waals surface area contributed by atoms with Gasteiger partial charge in [0.15, 0.2) is 0 Å². The van der Waals surface area contributed by atoms with Gasteiger partial charge in [0.2, 0.25) is 0 Å². The van der Waals surface area contributed by atoms with Crippen molar-refractivity contribution in [2.75, 3.05) is 0 Å². The van der Waals surface area contributed by atoms with Crippen LogP contribution in [-0.4, -0.2) is 16.2 Å². The van der Waals surface area contributed by atoms with Crippen LogP contribution in [0.15, 0.2) is 40.4 Å². The Morgan fingerprint density at radius 2 is 2.00 bits per heavy atom. The van der Waals surface area contributed by atoms with Crippen LogP contribution in [0.25, 0.3) is 0 Å². The Balaban J connectivity index is 2.04. The molecule has 3 heteroatoms. The first-order valence-electron chi connectivity index (χ1n) is 5.32. The number of thioether (sulfide) groups is 1. The Kier molecular flexibility index (Phi) is 3.67. The van der Waals surface area contributed by atoms with Gasteiger partial charge in [-0.15, -0.1) is 11.8 Å². The summed E-state index contributed by atoms with van der Waals surface area (Å²) in [7, 11) is 0. The lowest BCUT2D eigenvalue weighted by molar-refractivity contribution is 0.314. The van der Waals surface area contributed by atoms with E-state index < -0.39 is 0 Å². The molecule has 0 heterocycles. The maximum Gasteiger partial charge on any atom is 0.0704 e. The minimum Gasteiger partial charge on any atom is -0.411 e. The molecule has 1 aromatic carbocycles. The van der Waals surface area contributed by atoms with Gasteiger partial charge < -0.3 is 5.21 Å². The Morgan fingerprint density at radius 1 is 1.20 bits per heavy atom. The van der Waals surface area contributed by atoms with Gasteiger partial charge in [-0.25, -0.2) is 0 Å². The third-order valence-corrected chi connectivity index (χ3v) is 4.01. The summed E-state index contributed by atoms with van der Waals surface area (Å²) in [5.41, 5.74) is 0.954. The lowest BCUT2D eigenvalue weighted by Crippen LogP contribution is -2.21. The maximum absolute atomic E-state index is 8.91. The molecule has 2 rings (SSSR count). The molecule has 1 atom stereocenters. The van der Waals surface area contributed by atoms with E-state index in [4.69, 9.17) is 5.21 Å². The number of hydrogen-bond acceptors (Lipinski definition) is 3. The van der Waals surface area contributed by atoms with Crippen LogP contribution in [0, 0.1) is 0 Å². The van der Waals surface area contributed by atoms with Gasteiger partial charge in [-0.2, -0.15) is 0 Å². The van der Waals surface area contributed by atoms with Gasteiger partial charge in [-0.1, -0.05) is 29.8 Å². The summed E-state index contributed by atoms with van der Waals surface area (Å²) in [4.78, 5) is 1.26. The van der Waals surface area contributed by atoms with Gasteiger partial charge in [-0.05, 0) is 31.4 Å². The standard InChI is InChI=1S/C12H15NOS/c14-13-11-8-4-5-9-12(11)15-10-6-2-1-3-7-10/h1-3,6-7,12,14H,4-5,8-9H2. The van der Waals surface area contributed by atoms with Gasteiger partial charge in [0.05, 0.1) is 11.0 Å². The molecule has 1 aromatic rings. The van der Waals surface area contributed by atoms with Gasteiger partial charge in [0, 0.05) is 4.90 Å². The second kappa shape index (κ2) is 5.21. The predicted molar refractivity (Wildman–Crippen MR) is 63.8 cm³/mol. The molecule has 1 N–H and O–H groups in total. The predicted octanol–water partition coefficient (Wildman–Crippen LogP) is 3.55. The molecule has 2 nitrogen and oxygen atoms in total. The molecule has 15 heavy (non-hydrogen) atoms. The minimum absolute atomic E-state index is 0.367. The molecule has 0 aliphatic heterocycles. The highest BCUT2D eigenvalue weighted by atomic mass is 32.2. The zero-order chi connectivity index (χ0) is 10.5. The van der Waals surface area contributed by atoms with Gasteiger partial charge in [0.1, 0.15) is 0 Å². The Morgan fingerprint density at radius 3 is 2.73 bits per heavy atom. The summed E-state index contributed by atoms with van der Waals surface area (Å²) < 4.78 is 0. The van der Waals surface area contributed by atoms with Gasteiger partial charge in [-0.3, -0.25) is 0 Å². The summed E-state index contributed by atoms with van der Waals surface area (Å²) >= 11 is 1.81. The largest absolute Gasteiger partial charge is 0.411 e. The fourth-order valence-electron chi connectivity index (χ4n) is 1.87. The van der Waals surface area contributed by atoms with E-state index in [2.05, 4.69) is 17.3 Å². The van der Waals surface area contributed by atoms with Crippen molar-refractivity contribution in [3.63, 3.8) is 0 Å². The average molecular weight is 221 g/mol. The normalized spacial score (nSPS) is 24.3. The lowest BCUT2D eigenvalue weighted by Gasteiger charge is -2.22. The zero-order valence-electron chi connectivity index (χ0n) is 8.60. The molecule has 1 saturated carbocycles. The summed E-state index contributed by atoms with van der Waals surface area (Å²) in [6, 6.07) is 10.3. The third kappa shape index (κ3) is 2.75. The second-order valence-corrected chi connectivity index (χ2v) is 5.03. The van der Waals surface area contributed by atoms with Crippen molar-refractivity contribution in [2.24, 2.45) is 5.16 Å². The quantitative estimate of drug-likeness (QED) is 0.612. The van der Waals surface area contributed by atoms with Crippen LogP contribution in [-0.2, 0) is 0 Å². The van der Waals surface area contributed by atoms with Crippen LogP contribution in [0.2, 0.25) is 0 Å². The smallest absolute Gasteiger partial charge is 0.0704 e. The van der Waals surface area contributed by atoms with Crippen LogP contribution in [0.3, 0.4) is 0 Å². The molecular formula is C12H15NOS. The fourth-order valence-corrected chi connectivity index (χ4v) is 3.10. The van der Waals surface area contributed by atoms with Crippen LogP contribution >= 0.6 is 11.8 Å². The molecule has 1 aliphatic carbocycles. The van der Waals surface area contributed by atoms with E-state index in [9.17, 15) is 0 Å². The highest BCUT2D eigenvalue weighted by molar-refractivity contribution is 8.00. The first-order valence-corrected chi connectivity index (χ1v) is 6.20. The molecule has 0 bridgehead atoms. The SMILES string of the molecule is ON=C1CCCCC1Sc1ccccc1. The maximum atomic E-state index is 8.91. The summed E-state index contributed by atoms with van der Waals surface area (Å²) in [6.07, 6.45) is 4.47. The Bertz CT molecular complexity index is 337. The van der Waals surface area contributed by atoms with E-state index in [0.717, 1.165) is 25.0 Å². The van der Waals surface area contributed by atoms with E-state index in [1.165, 1.54) is 11.3 Å². The monoisotopic (exact) mass is 221 g/mol. The van der Waals surface area contributed by atoms with Crippen molar-refractivity contribution in [1.82, 2.24) is 0 Å². The topological polar surface area (TPSA) is 32.6 Å². The van der Waals surface area contributed by atoms with Crippen LogP contribution < -0.4 is 0 Å². The molecule has 0 aromatic heterocycles. The molecule has 1 aliphatic rings. The van der Waals surface area contributed by atoms with Crippen molar-refractivity contribution in [1.29, 1.82) is 0 Å². The number of benzene rings is 1. The number of oxime groups is 1.